The van der Waals surface area contributed by atoms with E-state index in [1.807, 2.05) is 0 Å². The lowest BCUT2D eigenvalue weighted by Gasteiger charge is -2.35. The van der Waals surface area contributed by atoms with Gasteiger partial charge in [0.25, 0.3) is 0 Å². The van der Waals surface area contributed by atoms with Crippen molar-refractivity contribution in [2.24, 2.45) is 0 Å². The number of morpholine rings is 1. The van der Waals surface area contributed by atoms with Gasteiger partial charge in [0.05, 0.1) is 18.3 Å². The third-order valence-electron chi connectivity index (χ3n) is 2.57. The molecule has 0 spiro atoms. The molecule has 0 amide bonds. The van der Waals surface area contributed by atoms with Gasteiger partial charge in [-0.15, -0.1) is 0 Å². The second kappa shape index (κ2) is 6.46. The highest BCUT2D eigenvalue weighted by atomic mass is 16.5. The maximum atomic E-state index is 5.69. The molecule has 0 radical (unpaired) electrons. The van der Waals surface area contributed by atoms with E-state index in [9.17, 15) is 0 Å². The Hall–Kier alpha value is -0.120. The van der Waals surface area contributed by atoms with Crippen molar-refractivity contribution in [3.8, 4) is 0 Å². The molecule has 1 heterocycles. The van der Waals surface area contributed by atoms with Crippen LogP contribution in [0, 0.1) is 0 Å². The first-order valence-corrected chi connectivity index (χ1v) is 6.07. The number of rotatable bonds is 5. The van der Waals surface area contributed by atoms with Crippen molar-refractivity contribution in [1.82, 2.24) is 4.90 Å². The first-order valence-electron chi connectivity index (χ1n) is 6.07. The van der Waals surface area contributed by atoms with Crippen molar-refractivity contribution >= 4 is 0 Å². The molecule has 3 heteroatoms. The summed E-state index contributed by atoms with van der Waals surface area (Å²) in [5.41, 5.74) is 0. The van der Waals surface area contributed by atoms with E-state index in [1.165, 1.54) is 0 Å². The van der Waals surface area contributed by atoms with Crippen molar-refractivity contribution in [3.05, 3.63) is 0 Å². The fourth-order valence-corrected chi connectivity index (χ4v) is 2.07. The number of ether oxygens (including phenoxy) is 2. The molecule has 15 heavy (non-hydrogen) atoms. The molecule has 1 rings (SSSR count). The summed E-state index contributed by atoms with van der Waals surface area (Å²) < 4.78 is 11.2. The van der Waals surface area contributed by atoms with Gasteiger partial charge in [-0.1, -0.05) is 0 Å². The highest BCUT2D eigenvalue weighted by molar-refractivity contribution is 4.72. The highest BCUT2D eigenvalue weighted by Gasteiger charge is 2.21. The molecule has 1 aliphatic rings. The van der Waals surface area contributed by atoms with Gasteiger partial charge < -0.3 is 9.47 Å². The molecular weight excluding hydrogens is 190 g/mol. The van der Waals surface area contributed by atoms with Crippen LogP contribution < -0.4 is 0 Å². The molecule has 0 aromatic heterocycles. The van der Waals surface area contributed by atoms with Crippen LogP contribution in [-0.2, 0) is 9.47 Å². The summed E-state index contributed by atoms with van der Waals surface area (Å²) in [6, 6.07) is 0. The van der Waals surface area contributed by atoms with E-state index in [0.717, 1.165) is 32.7 Å². The maximum Gasteiger partial charge on any atom is 0.0678 e. The maximum absolute atomic E-state index is 5.69. The van der Waals surface area contributed by atoms with Crippen LogP contribution in [0.4, 0.5) is 0 Å². The second-order valence-corrected chi connectivity index (χ2v) is 4.79. The normalized spacial score (nSPS) is 28.6. The van der Waals surface area contributed by atoms with E-state index in [2.05, 4.69) is 32.6 Å². The summed E-state index contributed by atoms with van der Waals surface area (Å²) in [4.78, 5) is 2.47. The minimum atomic E-state index is 0.354. The predicted octanol–water partition coefficient (Wildman–Crippen LogP) is 1.91. The number of hydrogen-bond acceptors (Lipinski definition) is 3. The number of hydrogen-bond donors (Lipinski definition) is 0. The van der Waals surface area contributed by atoms with Gasteiger partial charge in [0, 0.05) is 26.2 Å². The van der Waals surface area contributed by atoms with Gasteiger partial charge in [0.2, 0.25) is 0 Å². The van der Waals surface area contributed by atoms with Crippen LogP contribution in [-0.4, -0.2) is 49.5 Å². The summed E-state index contributed by atoms with van der Waals surface area (Å²) in [7, 11) is 0. The van der Waals surface area contributed by atoms with E-state index < -0.39 is 0 Å². The molecule has 0 aliphatic carbocycles. The molecule has 0 aromatic carbocycles. The van der Waals surface area contributed by atoms with Crippen LogP contribution in [0.5, 0.6) is 0 Å². The van der Waals surface area contributed by atoms with E-state index >= 15 is 0 Å². The molecule has 0 aromatic rings. The summed E-state index contributed by atoms with van der Waals surface area (Å²) in [5.74, 6) is 0. The minimum absolute atomic E-state index is 0.354. The lowest BCUT2D eigenvalue weighted by atomic mass is 10.2. The van der Waals surface area contributed by atoms with Crippen LogP contribution in [0.1, 0.15) is 34.1 Å². The average molecular weight is 215 g/mol. The van der Waals surface area contributed by atoms with Crippen LogP contribution in [0.2, 0.25) is 0 Å². The van der Waals surface area contributed by atoms with Crippen molar-refractivity contribution in [2.75, 3.05) is 26.2 Å². The average Bonchev–Trinajstić information content (AvgIpc) is 2.10. The van der Waals surface area contributed by atoms with Crippen molar-refractivity contribution < 1.29 is 9.47 Å². The first-order chi connectivity index (χ1) is 7.08. The highest BCUT2D eigenvalue weighted by Crippen LogP contribution is 2.10. The molecule has 3 nitrogen and oxygen atoms in total. The van der Waals surface area contributed by atoms with Gasteiger partial charge in [-0.05, 0) is 34.1 Å². The zero-order chi connectivity index (χ0) is 11.3. The summed E-state index contributed by atoms with van der Waals surface area (Å²) in [6.07, 6.45) is 2.23. The van der Waals surface area contributed by atoms with Crippen molar-refractivity contribution in [2.45, 2.75) is 52.4 Å². The predicted molar refractivity (Wildman–Crippen MR) is 62.2 cm³/mol. The van der Waals surface area contributed by atoms with E-state index in [1.54, 1.807) is 0 Å². The fourth-order valence-electron chi connectivity index (χ4n) is 2.07. The third kappa shape index (κ3) is 5.50. The van der Waals surface area contributed by atoms with Crippen molar-refractivity contribution in [1.29, 1.82) is 0 Å². The molecular formula is C12H25NO2. The quantitative estimate of drug-likeness (QED) is 0.654. The smallest absolute Gasteiger partial charge is 0.0678 e. The summed E-state index contributed by atoms with van der Waals surface area (Å²) in [6.45, 7) is 12.6. The molecule has 90 valence electrons. The van der Waals surface area contributed by atoms with Gasteiger partial charge in [-0.3, -0.25) is 4.90 Å². The molecule has 0 N–H and O–H groups in total. The first kappa shape index (κ1) is 12.9. The summed E-state index contributed by atoms with van der Waals surface area (Å²) >= 11 is 0. The Kier molecular flexibility index (Phi) is 5.58. The van der Waals surface area contributed by atoms with Crippen LogP contribution >= 0.6 is 0 Å². The third-order valence-corrected chi connectivity index (χ3v) is 2.57. The molecule has 1 fully saturated rings. The Morgan fingerprint density at radius 3 is 2.40 bits per heavy atom. The van der Waals surface area contributed by atoms with E-state index in [0.29, 0.717) is 18.3 Å². The van der Waals surface area contributed by atoms with Gasteiger partial charge >= 0.3 is 0 Å². The van der Waals surface area contributed by atoms with Crippen LogP contribution in [0.15, 0.2) is 0 Å². The Balaban J connectivity index is 2.10. The van der Waals surface area contributed by atoms with E-state index in [4.69, 9.17) is 9.47 Å². The van der Waals surface area contributed by atoms with Gasteiger partial charge in [0.1, 0.15) is 0 Å². The molecule has 0 bridgehead atoms. The molecule has 1 aliphatic heterocycles. The molecule has 2 atom stereocenters. The van der Waals surface area contributed by atoms with Gasteiger partial charge in [-0.2, -0.15) is 0 Å². The SMILES string of the molecule is CC(C)OCCCN1CC(C)OC(C)C1. The lowest BCUT2D eigenvalue weighted by molar-refractivity contribution is -0.0698. The van der Waals surface area contributed by atoms with Gasteiger partial charge in [0.15, 0.2) is 0 Å². The van der Waals surface area contributed by atoms with Gasteiger partial charge in [-0.25, -0.2) is 0 Å². The number of nitrogens with zero attached hydrogens (tertiary/aromatic N) is 1. The molecule has 2 unspecified atom stereocenters. The summed E-state index contributed by atoms with van der Waals surface area (Å²) in [5, 5.41) is 0. The Morgan fingerprint density at radius 2 is 1.87 bits per heavy atom. The Labute approximate surface area is 93.7 Å². The lowest BCUT2D eigenvalue weighted by Crippen LogP contribution is -2.45. The fraction of sp³-hybridized carbons (Fsp3) is 1.00. The Bertz CT molecular complexity index is 163. The zero-order valence-corrected chi connectivity index (χ0v) is 10.5. The van der Waals surface area contributed by atoms with Crippen molar-refractivity contribution in [3.63, 3.8) is 0 Å². The minimum Gasteiger partial charge on any atom is -0.379 e. The van der Waals surface area contributed by atoms with E-state index in [-0.39, 0.29) is 0 Å². The zero-order valence-electron chi connectivity index (χ0n) is 10.5. The molecule has 0 saturated carbocycles. The van der Waals surface area contributed by atoms with Crippen LogP contribution in [0.3, 0.4) is 0 Å². The van der Waals surface area contributed by atoms with Crippen LogP contribution in [0.25, 0.3) is 0 Å². The molecule has 1 saturated heterocycles. The monoisotopic (exact) mass is 215 g/mol. The second-order valence-electron chi connectivity index (χ2n) is 4.79. The topological polar surface area (TPSA) is 21.7 Å². The standard InChI is InChI=1S/C12H25NO2/c1-10(2)14-7-5-6-13-8-11(3)15-12(4)9-13/h10-12H,5-9H2,1-4H3. The largest absolute Gasteiger partial charge is 0.379 e. The Morgan fingerprint density at radius 1 is 1.27 bits per heavy atom.